The molecule has 3 aromatic carbocycles. The normalized spacial score (nSPS) is 13.3. The van der Waals surface area contributed by atoms with Gasteiger partial charge in [-0.15, -0.1) is 0 Å². The maximum absolute atomic E-state index is 14.2. The van der Waals surface area contributed by atoms with Gasteiger partial charge in [-0.2, -0.15) is 0 Å². The van der Waals surface area contributed by atoms with E-state index in [0.717, 1.165) is 16.4 Å². The van der Waals surface area contributed by atoms with E-state index in [1.165, 1.54) is 70.4 Å². The van der Waals surface area contributed by atoms with Gasteiger partial charge >= 0.3 is 7.60 Å². The highest BCUT2D eigenvalue weighted by Gasteiger charge is 2.54. The molecule has 0 heterocycles. The van der Waals surface area contributed by atoms with Crippen molar-refractivity contribution >= 4 is 67.3 Å². The van der Waals surface area contributed by atoms with E-state index < -0.39 is 32.9 Å². The van der Waals surface area contributed by atoms with Crippen LogP contribution in [-0.2, 0) is 24.6 Å². The Morgan fingerprint density at radius 1 is 0.838 bits per heavy atom. The molecule has 0 saturated carbocycles. The fourth-order valence-corrected chi connectivity index (χ4v) is 9.74. The molecule has 0 aliphatic heterocycles. The molecule has 0 bridgehead atoms. The van der Waals surface area contributed by atoms with Crippen molar-refractivity contribution in [2.75, 3.05) is 18.4 Å². The maximum atomic E-state index is 14.2. The Morgan fingerprint density at radius 3 is 1.84 bits per heavy atom. The maximum Gasteiger partial charge on any atom is 0.351 e. The minimum atomic E-state index is -5.15. The first-order valence-corrected chi connectivity index (χ1v) is 16.3. The third-order valence-electron chi connectivity index (χ3n) is 6.26. The average molecular weight is 609 g/mol. The topological polar surface area (TPSA) is 132 Å². The summed E-state index contributed by atoms with van der Waals surface area (Å²) < 4.78 is 69.3. The molecule has 0 aromatic heterocycles. The molecule has 0 unspecified atom stereocenters. The lowest BCUT2D eigenvalue weighted by Gasteiger charge is -2.43. The van der Waals surface area contributed by atoms with Crippen LogP contribution in [0.2, 0.25) is 10.0 Å². The summed E-state index contributed by atoms with van der Waals surface area (Å²) in [5.74, 6) is 0. The summed E-state index contributed by atoms with van der Waals surface area (Å²) in [6, 6.07) is 12.3. The van der Waals surface area contributed by atoms with Crippen LogP contribution in [0.25, 0.3) is 10.8 Å². The van der Waals surface area contributed by atoms with Crippen LogP contribution in [0.15, 0.2) is 64.4 Å². The highest BCUT2D eigenvalue weighted by Crippen LogP contribution is 2.59. The van der Waals surface area contributed by atoms with E-state index in [2.05, 4.69) is 0 Å². The fraction of sp³-hybridized carbons (Fsp3) is 0.304. The number of anilines is 1. The van der Waals surface area contributed by atoms with Gasteiger partial charge in [0.2, 0.25) is 10.0 Å². The van der Waals surface area contributed by atoms with Crippen LogP contribution in [0.3, 0.4) is 0 Å². The van der Waals surface area contributed by atoms with E-state index in [9.17, 15) is 31.2 Å². The predicted octanol–water partition coefficient (Wildman–Crippen LogP) is 5.29. The Hall–Kier alpha value is -1.69. The number of sulfonamides is 2. The van der Waals surface area contributed by atoms with Crippen LogP contribution in [0.5, 0.6) is 0 Å². The van der Waals surface area contributed by atoms with Gasteiger partial charge in [0.25, 0.3) is 10.0 Å². The monoisotopic (exact) mass is 608 g/mol. The molecule has 0 saturated heterocycles. The van der Waals surface area contributed by atoms with Crippen molar-refractivity contribution in [3.8, 4) is 0 Å². The van der Waals surface area contributed by atoms with E-state index in [4.69, 9.17) is 23.2 Å². The first kappa shape index (κ1) is 29.9. The van der Waals surface area contributed by atoms with E-state index in [-0.39, 0.29) is 49.1 Å². The lowest BCUT2D eigenvalue weighted by molar-refractivity contribution is 0.317. The molecule has 202 valence electrons. The highest BCUT2D eigenvalue weighted by molar-refractivity contribution is 7.93. The van der Waals surface area contributed by atoms with Crippen molar-refractivity contribution in [3.63, 3.8) is 0 Å². The molecule has 0 amide bonds. The van der Waals surface area contributed by atoms with Crippen LogP contribution in [0.1, 0.15) is 26.7 Å². The molecule has 2 N–H and O–H groups in total. The Labute approximate surface area is 226 Å². The zero-order valence-electron chi connectivity index (χ0n) is 20.5. The summed E-state index contributed by atoms with van der Waals surface area (Å²) in [4.78, 5) is 20.7. The summed E-state index contributed by atoms with van der Waals surface area (Å²) >= 11 is 12.2. The highest BCUT2D eigenvalue weighted by atomic mass is 35.5. The first-order valence-electron chi connectivity index (χ1n) is 11.1. The zero-order chi connectivity index (χ0) is 28.0. The van der Waals surface area contributed by atoms with Crippen LogP contribution in [-0.4, -0.2) is 50.3 Å². The SMILES string of the molecule is CCC(CC)(N(c1cccc2c(S(=O)(=O)N(C)C)cccc12)S(=O)(=O)c1cc(Cl)cc(Cl)c1)P(=O)(O)O. The van der Waals surface area contributed by atoms with Gasteiger partial charge in [0.05, 0.1) is 15.5 Å². The van der Waals surface area contributed by atoms with Gasteiger partial charge < -0.3 is 9.79 Å². The van der Waals surface area contributed by atoms with E-state index >= 15 is 0 Å². The average Bonchev–Trinajstić information content (AvgIpc) is 2.80. The number of fused-ring (bicyclic) bond motifs is 1. The van der Waals surface area contributed by atoms with Crippen LogP contribution in [0, 0.1) is 0 Å². The molecule has 0 atom stereocenters. The smallest absolute Gasteiger partial charge is 0.323 e. The molecule has 3 aromatic rings. The van der Waals surface area contributed by atoms with Crippen LogP contribution < -0.4 is 4.31 Å². The number of hydrogen-bond acceptors (Lipinski definition) is 5. The van der Waals surface area contributed by atoms with Gasteiger partial charge in [-0.25, -0.2) is 25.4 Å². The molecular weight excluding hydrogens is 582 g/mol. The van der Waals surface area contributed by atoms with E-state index in [0.29, 0.717) is 4.31 Å². The molecular formula is C23H27Cl2N2O7PS2. The Kier molecular flexibility index (Phi) is 8.45. The predicted molar refractivity (Wildman–Crippen MR) is 146 cm³/mol. The second-order valence-corrected chi connectivity index (χ2v) is 15.2. The van der Waals surface area contributed by atoms with Crippen molar-refractivity contribution in [1.29, 1.82) is 0 Å². The minimum absolute atomic E-state index is 0.0121. The Morgan fingerprint density at radius 2 is 1.35 bits per heavy atom. The molecule has 14 heteroatoms. The Bertz CT molecular complexity index is 1580. The largest absolute Gasteiger partial charge is 0.351 e. The molecule has 0 aliphatic rings. The summed E-state index contributed by atoms with van der Waals surface area (Å²) in [7, 11) is -11.1. The number of benzene rings is 3. The second-order valence-electron chi connectivity index (χ2n) is 8.52. The van der Waals surface area contributed by atoms with Gasteiger partial charge in [-0.3, -0.25) is 4.57 Å². The molecule has 0 aliphatic carbocycles. The molecule has 0 fully saturated rings. The number of nitrogens with zero attached hydrogens (tertiary/aromatic N) is 2. The number of rotatable bonds is 9. The van der Waals surface area contributed by atoms with Gasteiger partial charge in [0.1, 0.15) is 0 Å². The van der Waals surface area contributed by atoms with Gasteiger partial charge in [0, 0.05) is 34.9 Å². The van der Waals surface area contributed by atoms with Crippen molar-refractivity contribution < 1.29 is 31.2 Å². The van der Waals surface area contributed by atoms with Crippen molar-refractivity contribution in [2.45, 2.75) is 41.8 Å². The third kappa shape index (κ3) is 5.16. The first-order chi connectivity index (χ1) is 17.0. The molecule has 3 rings (SSSR count). The summed E-state index contributed by atoms with van der Waals surface area (Å²) in [6.07, 6.45) is -0.513. The molecule has 37 heavy (non-hydrogen) atoms. The van der Waals surface area contributed by atoms with Crippen LogP contribution >= 0.6 is 30.8 Å². The minimum Gasteiger partial charge on any atom is -0.323 e. The molecule has 9 nitrogen and oxygen atoms in total. The lowest BCUT2D eigenvalue weighted by atomic mass is 10.1. The summed E-state index contributed by atoms with van der Waals surface area (Å²) in [6.45, 7) is 2.95. The second kappa shape index (κ2) is 10.5. The summed E-state index contributed by atoms with van der Waals surface area (Å²) in [5, 5.41) is -1.83. The van der Waals surface area contributed by atoms with Gasteiger partial charge in [-0.05, 0) is 43.2 Å². The van der Waals surface area contributed by atoms with E-state index in [1.54, 1.807) is 0 Å². The molecule has 0 spiro atoms. The Balaban J connectivity index is 2.54. The van der Waals surface area contributed by atoms with Crippen LogP contribution in [0.4, 0.5) is 5.69 Å². The standard InChI is InChI=1S/C23H27Cl2N2O7PS2/c1-5-23(6-2,35(28,29)30)27(36(31,32)18-14-16(24)13-17(25)15-18)21-11-7-10-20-19(21)9-8-12-22(20)37(33,34)26(3)4/h7-15H,5-6H2,1-4H3,(H2,28,29,30). The third-order valence-corrected chi connectivity index (χ3v) is 12.5. The molecule has 0 radical (unpaired) electrons. The van der Waals surface area contributed by atoms with Crippen molar-refractivity contribution in [1.82, 2.24) is 4.31 Å². The fourth-order valence-electron chi connectivity index (χ4n) is 4.29. The van der Waals surface area contributed by atoms with Crippen molar-refractivity contribution in [3.05, 3.63) is 64.6 Å². The zero-order valence-corrected chi connectivity index (χ0v) is 24.5. The van der Waals surface area contributed by atoms with E-state index in [1.807, 2.05) is 0 Å². The number of hydrogen-bond donors (Lipinski definition) is 2. The quantitative estimate of drug-likeness (QED) is 0.315. The lowest BCUT2D eigenvalue weighted by Crippen LogP contribution is -2.51. The van der Waals surface area contributed by atoms with Gasteiger partial charge in [-0.1, -0.05) is 61.3 Å². The van der Waals surface area contributed by atoms with Crippen molar-refractivity contribution in [2.24, 2.45) is 0 Å². The van der Waals surface area contributed by atoms with Gasteiger partial charge in [0.15, 0.2) is 5.28 Å². The number of halogens is 2. The summed E-state index contributed by atoms with van der Waals surface area (Å²) in [5.41, 5.74) is -0.101.